The molecule has 2 aliphatic carbocycles. The van der Waals surface area contributed by atoms with Gasteiger partial charge in [-0.2, -0.15) is 10.5 Å². The third-order valence-corrected chi connectivity index (χ3v) is 9.76. The maximum atomic E-state index is 13.3. The van der Waals surface area contributed by atoms with Crippen molar-refractivity contribution in [2.75, 3.05) is 5.88 Å². The molecule has 2 saturated carbocycles. The normalized spacial score (nSPS) is 21.4. The highest BCUT2D eigenvalue weighted by atomic mass is 35.5. The molecule has 0 radical (unpaired) electrons. The molecular weight excluding hydrogens is 673 g/mol. The number of alkyl halides is 1. The molecule has 0 saturated heterocycles. The molecule has 1 aromatic heterocycles. The van der Waals surface area contributed by atoms with Gasteiger partial charge in [0.25, 0.3) is 5.91 Å². The molecule has 2 aliphatic rings. The van der Waals surface area contributed by atoms with Crippen LogP contribution in [0.5, 0.6) is 0 Å². The highest BCUT2D eigenvalue weighted by Gasteiger charge is 2.34. The molecule has 0 bridgehead atoms. The maximum absolute atomic E-state index is 13.3. The number of nitrogens with zero attached hydrogens (tertiary/aromatic N) is 3. The van der Waals surface area contributed by atoms with Gasteiger partial charge in [-0.3, -0.25) is 14.4 Å². The van der Waals surface area contributed by atoms with Crippen molar-refractivity contribution in [1.82, 2.24) is 20.5 Å². The van der Waals surface area contributed by atoms with Crippen molar-refractivity contribution in [1.29, 1.82) is 10.5 Å². The van der Waals surface area contributed by atoms with E-state index in [1.165, 1.54) is 0 Å². The summed E-state index contributed by atoms with van der Waals surface area (Å²) in [5.41, 5.74) is 7.55. The molecule has 12 heteroatoms. The van der Waals surface area contributed by atoms with Gasteiger partial charge < -0.3 is 26.3 Å². The van der Waals surface area contributed by atoms with Crippen molar-refractivity contribution < 1.29 is 14.4 Å². The minimum Gasteiger partial charge on any atom is -0.347 e. The first-order valence-electron chi connectivity index (χ1n) is 18.1. The summed E-state index contributed by atoms with van der Waals surface area (Å²) < 4.78 is 2.01. The lowest BCUT2D eigenvalue weighted by Crippen LogP contribution is -2.50. The van der Waals surface area contributed by atoms with Crippen molar-refractivity contribution in [3.8, 4) is 12.1 Å². The number of rotatable bonds is 13. The summed E-state index contributed by atoms with van der Waals surface area (Å²) in [6.07, 6.45) is 9.41. The van der Waals surface area contributed by atoms with Crippen LogP contribution in [0.15, 0.2) is 30.3 Å². The Morgan fingerprint density at radius 2 is 1.42 bits per heavy atom. The smallest absolute Gasteiger partial charge is 0.268 e. The number of aryl methyl sites for hydroxylation is 1. The van der Waals surface area contributed by atoms with E-state index in [1.807, 2.05) is 62.6 Å². The SMILES string of the molecule is CC(C)C[C@@H](C#N)NC(=O)[C@@H]1CCCC[C@@H]1N.CC(C)C[C@@H](C#N)NC(=O)[C@@H]1CCCC[C@@H]1NC(=O)c1cc2ccccc2n1CCCCl.Cl. The first-order valence-corrected chi connectivity index (χ1v) is 18.6. The van der Waals surface area contributed by atoms with E-state index in [9.17, 15) is 19.6 Å². The maximum Gasteiger partial charge on any atom is 0.268 e. The number of halogens is 2. The predicted octanol–water partition coefficient (Wildman–Crippen LogP) is 6.59. The molecule has 0 aliphatic heterocycles. The quantitative estimate of drug-likeness (QED) is 0.170. The molecule has 3 amide bonds. The molecular formula is C38H57Cl2N7O3. The Bertz CT molecular complexity index is 1460. The van der Waals surface area contributed by atoms with Crippen LogP contribution in [0.3, 0.4) is 0 Å². The molecule has 0 spiro atoms. The number of carbonyl (C=O) groups is 3. The summed E-state index contributed by atoms with van der Waals surface area (Å²) in [5.74, 6) is 0.475. The van der Waals surface area contributed by atoms with E-state index in [1.54, 1.807) is 0 Å². The van der Waals surface area contributed by atoms with Crippen LogP contribution < -0.4 is 21.7 Å². The largest absolute Gasteiger partial charge is 0.347 e. The third-order valence-electron chi connectivity index (χ3n) is 9.49. The van der Waals surface area contributed by atoms with E-state index >= 15 is 0 Å². The van der Waals surface area contributed by atoms with Gasteiger partial charge >= 0.3 is 0 Å². The topological polar surface area (TPSA) is 166 Å². The standard InChI is InChI=1S/C25H33ClN4O2.C13H23N3O.ClH/c1-17(2)14-19(16-27)28-24(31)20-9-4-5-10-21(20)29-25(32)23-15-18-8-3-6-11-22(18)30(23)13-7-12-26;1-9(2)7-10(8-14)16-13(17)11-5-3-4-6-12(11)15;/h3,6,8,11,15,17,19-21H,4-5,7,9-10,12-14H2,1-2H3,(H,28,31)(H,29,32);9-12H,3-7,15H2,1-2H3,(H,16,17);1H/t19-,20+,21-;10-,11+,12-;/m00./s1. The lowest BCUT2D eigenvalue weighted by Gasteiger charge is -2.32. The molecule has 2 aromatic rings. The van der Waals surface area contributed by atoms with E-state index in [-0.39, 0.29) is 60.1 Å². The fraction of sp³-hybridized carbons (Fsp3) is 0.658. The summed E-state index contributed by atoms with van der Waals surface area (Å²) in [4.78, 5) is 38.3. The van der Waals surface area contributed by atoms with Crippen LogP contribution in [0.4, 0.5) is 0 Å². The van der Waals surface area contributed by atoms with Crippen LogP contribution in [-0.2, 0) is 16.1 Å². The van der Waals surface area contributed by atoms with Crippen LogP contribution in [0.1, 0.15) is 109 Å². The van der Waals surface area contributed by atoms with Gasteiger partial charge in [0.1, 0.15) is 17.8 Å². The Kier molecular flexibility index (Phi) is 18.7. The van der Waals surface area contributed by atoms with Gasteiger partial charge in [0.15, 0.2) is 0 Å². The minimum absolute atomic E-state index is 0. The van der Waals surface area contributed by atoms with Crippen molar-refractivity contribution in [3.63, 3.8) is 0 Å². The summed E-state index contributed by atoms with van der Waals surface area (Å²) in [7, 11) is 0. The van der Waals surface area contributed by atoms with Crippen molar-refractivity contribution in [3.05, 3.63) is 36.0 Å². The fourth-order valence-corrected chi connectivity index (χ4v) is 7.11. The van der Waals surface area contributed by atoms with E-state index in [2.05, 4.69) is 28.1 Å². The number of carbonyl (C=O) groups excluding carboxylic acids is 3. The summed E-state index contributed by atoms with van der Waals surface area (Å²) in [6, 6.07) is 13.0. The predicted molar refractivity (Wildman–Crippen MR) is 202 cm³/mol. The first kappa shape index (κ1) is 42.9. The number of nitriles is 2. The number of benzene rings is 1. The Morgan fingerprint density at radius 3 is 1.98 bits per heavy atom. The van der Waals surface area contributed by atoms with Gasteiger partial charge in [0, 0.05) is 35.4 Å². The number of hydrogen-bond acceptors (Lipinski definition) is 6. The molecule has 0 unspecified atom stereocenters. The van der Waals surface area contributed by atoms with Gasteiger partial charge in [-0.15, -0.1) is 24.0 Å². The lowest BCUT2D eigenvalue weighted by molar-refractivity contribution is -0.127. The fourth-order valence-electron chi connectivity index (χ4n) is 6.99. The Labute approximate surface area is 309 Å². The van der Waals surface area contributed by atoms with Gasteiger partial charge in [-0.25, -0.2) is 0 Å². The molecule has 1 aromatic carbocycles. The van der Waals surface area contributed by atoms with Crippen molar-refractivity contribution >= 4 is 52.6 Å². The molecule has 1 heterocycles. The van der Waals surface area contributed by atoms with Gasteiger partial charge in [0.05, 0.1) is 24.0 Å². The lowest BCUT2D eigenvalue weighted by atomic mass is 9.83. The van der Waals surface area contributed by atoms with Crippen LogP contribution in [-0.4, -0.2) is 52.3 Å². The minimum atomic E-state index is -0.501. The van der Waals surface area contributed by atoms with Gasteiger partial charge in [-0.1, -0.05) is 71.6 Å². The summed E-state index contributed by atoms with van der Waals surface area (Å²) in [6.45, 7) is 8.81. The summed E-state index contributed by atoms with van der Waals surface area (Å²) >= 11 is 5.91. The Morgan fingerprint density at radius 1 is 0.880 bits per heavy atom. The zero-order valence-corrected chi connectivity index (χ0v) is 31.7. The molecule has 4 rings (SSSR count). The zero-order valence-electron chi connectivity index (χ0n) is 30.1. The third kappa shape index (κ3) is 12.8. The molecule has 5 N–H and O–H groups in total. The number of nitrogens with two attached hydrogens (primary N) is 1. The average Bonchev–Trinajstić information content (AvgIpc) is 3.45. The number of hydrogen-bond donors (Lipinski definition) is 4. The molecule has 10 nitrogen and oxygen atoms in total. The second-order valence-corrected chi connectivity index (χ2v) is 14.8. The van der Waals surface area contributed by atoms with E-state index in [0.29, 0.717) is 49.2 Å². The molecule has 6 atom stereocenters. The average molecular weight is 731 g/mol. The van der Waals surface area contributed by atoms with Gasteiger partial charge in [0.2, 0.25) is 11.8 Å². The molecule has 50 heavy (non-hydrogen) atoms. The summed E-state index contributed by atoms with van der Waals surface area (Å²) in [5, 5.41) is 28.3. The van der Waals surface area contributed by atoms with Gasteiger partial charge in [-0.05, 0) is 68.9 Å². The van der Waals surface area contributed by atoms with E-state index in [0.717, 1.165) is 62.3 Å². The second-order valence-electron chi connectivity index (χ2n) is 14.4. The Hall–Kier alpha value is -3.31. The second kappa shape index (κ2) is 21.8. The van der Waals surface area contributed by atoms with Crippen molar-refractivity contribution in [2.45, 2.75) is 129 Å². The monoisotopic (exact) mass is 729 g/mol. The number of fused-ring (bicyclic) bond motifs is 1. The highest BCUT2D eigenvalue weighted by Crippen LogP contribution is 2.27. The highest BCUT2D eigenvalue weighted by molar-refractivity contribution is 6.17. The number of nitrogens with one attached hydrogen (secondary N) is 3. The van der Waals surface area contributed by atoms with Crippen LogP contribution >= 0.6 is 24.0 Å². The van der Waals surface area contributed by atoms with E-state index < -0.39 is 6.04 Å². The van der Waals surface area contributed by atoms with Crippen LogP contribution in [0, 0.1) is 46.3 Å². The van der Waals surface area contributed by atoms with Crippen LogP contribution in [0.25, 0.3) is 10.9 Å². The molecule has 2 fully saturated rings. The number of amides is 3. The zero-order chi connectivity index (χ0) is 35.9. The Balaban J connectivity index is 0.000000409. The van der Waals surface area contributed by atoms with E-state index in [4.69, 9.17) is 22.6 Å². The number of aromatic nitrogens is 1. The number of para-hydroxylation sites is 1. The molecule has 276 valence electrons. The van der Waals surface area contributed by atoms with Crippen LogP contribution in [0.2, 0.25) is 0 Å². The first-order chi connectivity index (χ1) is 23.5. The van der Waals surface area contributed by atoms with Crippen molar-refractivity contribution in [2.24, 2.45) is 29.4 Å².